The van der Waals surface area contributed by atoms with Crippen molar-refractivity contribution in [3.05, 3.63) is 71.5 Å². The zero-order valence-electron chi connectivity index (χ0n) is 14.0. The van der Waals surface area contributed by atoms with E-state index in [4.69, 9.17) is 0 Å². The Balaban J connectivity index is 1.82. The summed E-state index contributed by atoms with van der Waals surface area (Å²) in [6.07, 6.45) is 6.52. The highest BCUT2D eigenvalue weighted by Crippen LogP contribution is 2.31. The van der Waals surface area contributed by atoms with Crippen LogP contribution in [0.1, 0.15) is 43.7 Å². The third kappa shape index (κ3) is 4.38. The van der Waals surface area contributed by atoms with Crippen molar-refractivity contribution in [2.45, 2.75) is 32.6 Å². The topological polar surface area (TPSA) is 24.7 Å². The first kappa shape index (κ1) is 16.6. The van der Waals surface area contributed by atoms with E-state index in [2.05, 4.69) is 29.3 Å². The molecular weight excluding hydrogens is 299 g/mol. The van der Waals surface area contributed by atoms with E-state index in [0.717, 1.165) is 22.8 Å². The molecule has 24 heavy (non-hydrogen) atoms. The minimum absolute atomic E-state index is 0.239. The van der Waals surface area contributed by atoms with E-state index in [1.165, 1.54) is 37.8 Å². The SMILES string of the molecule is CC1CCC(C(=NN=Cc2ccc(F)cc2)c2ccccc2)CC1. The van der Waals surface area contributed by atoms with Crippen LogP contribution in [0.2, 0.25) is 0 Å². The van der Waals surface area contributed by atoms with Crippen molar-refractivity contribution in [3.63, 3.8) is 0 Å². The van der Waals surface area contributed by atoms with Gasteiger partial charge in [0.15, 0.2) is 0 Å². The fraction of sp³-hybridized carbons (Fsp3) is 0.333. The lowest BCUT2D eigenvalue weighted by atomic mass is 9.79. The molecule has 0 saturated heterocycles. The summed E-state index contributed by atoms with van der Waals surface area (Å²) in [6, 6.07) is 16.6. The quantitative estimate of drug-likeness (QED) is 0.526. The Bertz CT molecular complexity index is 696. The van der Waals surface area contributed by atoms with Gasteiger partial charge in [0, 0.05) is 5.92 Å². The molecule has 2 aromatic carbocycles. The maximum absolute atomic E-state index is 13.0. The molecule has 0 radical (unpaired) electrons. The first-order chi connectivity index (χ1) is 11.7. The second kappa shape index (κ2) is 8.00. The van der Waals surface area contributed by atoms with Gasteiger partial charge in [-0.25, -0.2) is 4.39 Å². The number of nitrogens with zero attached hydrogens (tertiary/aromatic N) is 2. The predicted octanol–water partition coefficient (Wildman–Crippen LogP) is 5.48. The molecule has 0 unspecified atom stereocenters. The minimum Gasteiger partial charge on any atom is -0.207 e. The Morgan fingerprint density at radius 3 is 2.29 bits per heavy atom. The molecule has 1 aliphatic rings. The summed E-state index contributed by atoms with van der Waals surface area (Å²) < 4.78 is 13.0. The first-order valence-corrected chi connectivity index (χ1v) is 8.64. The van der Waals surface area contributed by atoms with Crippen LogP contribution in [-0.2, 0) is 0 Å². The fourth-order valence-corrected chi connectivity index (χ4v) is 3.22. The minimum atomic E-state index is -0.239. The van der Waals surface area contributed by atoms with Crippen LogP contribution in [-0.4, -0.2) is 11.9 Å². The Labute approximate surface area is 143 Å². The van der Waals surface area contributed by atoms with Crippen molar-refractivity contribution in [1.29, 1.82) is 0 Å². The van der Waals surface area contributed by atoms with E-state index in [1.54, 1.807) is 18.3 Å². The molecule has 3 heteroatoms. The van der Waals surface area contributed by atoms with E-state index in [9.17, 15) is 4.39 Å². The average molecular weight is 322 g/mol. The highest BCUT2D eigenvalue weighted by molar-refractivity contribution is 6.02. The third-order valence-corrected chi connectivity index (χ3v) is 4.71. The molecule has 0 aromatic heterocycles. The van der Waals surface area contributed by atoms with Gasteiger partial charge in [0.2, 0.25) is 0 Å². The van der Waals surface area contributed by atoms with Gasteiger partial charge in [0.25, 0.3) is 0 Å². The zero-order valence-corrected chi connectivity index (χ0v) is 14.0. The molecule has 0 heterocycles. The molecule has 124 valence electrons. The molecule has 2 nitrogen and oxygen atoms in total. The van der Waals surface area contributed by atoms with Crippen LogP contribution < -0.4 is 0 Å². The van der Waals surface area contributed by atoms with Crippen LogP contribution in [0, 0.1) is 17.7 Å². The standard InChI is InChI=1S/C21H23FN2/c1-16-7-11-19(12-8-16)21(18-5-3-2-4-6-18)24-23-15-17-9-13-20(22)14-10-17/h2-6,9-10,13-16,19H,7-8,11-12H2,1H3. The molecule has 3 rings (SSSR count). The second-order valence-electron chi connectivity index (χ2n) is 6.60. The molecule has 1 aliphatic carbocycles. The van der Waals surface area contributed by atoms with Crippen molar-refractivity contribution in [2.24, 2.45) is 22.0 Å². The van der Waals surface area contributed by atoms with Crippen molar-refractivity contribution in [3.8, 4) is 0 Å². The number of halogens is 1. The summed E-state index contributed by atoms with van der Waals surface area (Å²) in [5, 5.41) is 8.84. The van der Waals surface area contributed by atoms with E-state index >= 15 is 0 Å². The Morgan fingerprint density at radius 1 is 0.958 bits per heavy atom. The summed E-state index contributed by atoms with van der Waals surface area (Å²) in [4.78, 5) is 0. The van der Waals surface area contributed by atoms with Crippen molar-refractivity contribution < 1.29 is 4.39 Å². The average Bonchev–Trinajstić information content (AvgIpc) is 2.62. The molecule has 1 saturated carbocycles. The van der Waals surface area contributed by atoms with Gasteiger partial charge in [-0.1, -0.05) is 62.2 Å². The molecular formula is C21H23FN2. The highest BCUT2D eigenvalue weighted by Gasteiger charge is 2.23. The van der Waals surface area contributed by atoms with Crippen LogP contribution in [0.4, 0.5) is 4.39 Å². The number of hydrogen-bond donors (Lipinski definition) is 0. The van der Waals surface area contributed by atoms with Crippen LogP contribution >= 0.6 is 0 Å². The maximum atomic E-state index is 13.0. The summed E-state index contributed by atoms with van der Waals surface area (Å²) in [5.41, 5.74) is 3.07. The summed E-state index contributed by atoms with van der Waals surface area (Å²) in [7, 11) is 0. The van der Waals surface area contributed by atoms with Gasteiger partial charge in [-0.2, -0.15) is 10.2 Å². The van der Waals surface area contributed by atoms with Crippen molar-refractivity contribution >= 4 is 11.9 Å². The fourth-order valence-electron chi connectivity index (χ4n) is 3.22. The largest absolute Gasteiger partial charge is 0.207 e. The van der Waals surface area contributed by atoms with E-state index in [0.29, 0.717) is 5.92 Å². The summed E-state index contributed by atoms with van der Waals surface area (Å²) in [5.74, 6) is 1.03. The van der Waals surface area contributed by atoms with Gasteiger partial charge in [0.05, 0.1) is 11.9 Å². The first-order valence-electron chi connectivity index (χ1n) is 8.64. The van der Waals surface area contributed by atoms with Crippen LogP contribution in [0.25, 0.3) is 0 Å². The molecule has 0 aliphatic heterocycles. The van der Waals surface area contributed by atoms with Crippen LogP contribution in [0.15, 0.2) is 64.8 Å². The monoisotopic (exact) mass is 322 g/mol. The second-order valence-corrected chi connectivity index (χ2v) is 6.60. The van der Waals surface area contributed by atoms with Crippen LogP contribution in [0.3, 0.4) is 0 Å². The molecule has 2 aromatic rings. The smallest absolute Gasteiger partial charge is 0.123 e. The molecule has 1 fully saturated rings. The van der Waals surface area contributed by atoms with Crippen molar-refractivity contribution in [1.82, 2.24) is 0 Å². The number of rotatable bonds is 4. The Hall–Kier alpha value is -2.29. The van der Waals surface area contributed by atoms with E-state index < -0.39 is 0 Å². The zero-order chi connectivity index (χ0) is 16.8. The maximum Gasteiger partial charge on any atom is 0.123 e. The van der Waals surface area contributed by atoms with E-state index in [1.807, 2.05) is 18.2 Å². The van der Waals surface area contributed by atoms with Crippen LogP contribution in [0.5, 0.6) is 0 Å². The molecule has 0 N–H and O–H groups in total. The molecule has 0 atom stereocenters. The van der Waals surface area contributed by atoms with Gasteiger partial charge < -0.3 is 0 Å². The molecule has 0 spiro atoms. The Morgan fingerprint density at radius 2 is 1.62 bits per heavy atom. The molecule has 0 bridgehead atoms. The lowest BCUT2D eigenvalue weighted by Crippen LogP contribution is -2.21. The predicted molar refractivity (Wildman–Crippen MR) is 98.1 cm³/mol. The molecule has 0 amide bonds. The third-order valence-electron chi connectivity index (χ3n) is 4.71. The lowest BCUT2D eigenvalue weighted by molar-refractivity contribution is 0.344. The summed E-state index contributed by atoms with van der Waals surface area (Å²) in [6.45, 7) is 2.32. The van der Waals surface area contributed by atoms with Gasteiger partial charge in [0.1, 0.15) is 5.82 Å². The normalized spacial score (nSPS) is 22.0. The van der Waals surface area contributed by atoms with Gasteiger partial charge in [-0.15, -0.1) is 0 Å². The van der Waals surface area contributed by atoms with Gasteiger partial charge in [-0.3, -0.25) is 0 Å². The van der Waals surface area contributed by atoms with E-state index in [-0.39, 0.29) is 5.82 Å². The van der Waals surface area contributed by atoms with Gasteiger partial charge >= 0.3 is 0 Å². The summed E-state index contributed by atoms with van der Waals surface area (Å²) >= 11 is 0. The van der Waals surface area contributed by atoms with Crippen molar-refractivity contribution in [2.75, 3.05) is 0 Å². The Kier molecular flexibility index (Phi) is 5.52. The number of benzene rings is 2. The number of hydrogen-bond acceptors (Lipinski definition) is 2. The lowest BCUT2D eigenvalue weighted by Gasteiger charge is -2.27. The highest BCUT2D eigenvalue weighted by atomic mass is 19.1. The van der Waals surface area contributed by atoms with Gasteiger partial charge in [-0.05, 0) is 42.0 Å².